The molecule has 0 saturated heterocycles. The van der Waals surface area contributed by atoms with Gasteiger partial charge in [-0.25, -0.2) is 0 Å². The van der Waals surface area contributed by atoms with Crippen molar-refractivity contribution in [3.8, 4) is 0 Å². The van der Waals surface area contributed by atoms with E-state index in [-0.39, 0.29) is 30.4 Å². The van der Waals surface area contributed by atoms with Crippen molar-refractivity contribution in [3.63, 3.8) is 0 Å². The molecule has 3 atom stereocenters. The molecule has 2 saturated carbocycles. The van der Waals surface area contributed by atoms with Gasteiger partial charge in [0.15, 0.2) is 0 Å². The van der Waals surface area contributed by atoms with E-state index in [4.69, 9.17) is 5.73 Å². The van der Waals surface area contributed by atoms with Crippen LogP contribution in [0.25, 0.3) is 10.8 Å². The van der Waals surface area contributed by atoms with Crippen LogP contribution in [0.5, 0.6) is 0 Å². The third kappa shape index (κ3) is 3.68. The van der Waals surface area contributed by atoms with E-state index in [1.54, 1.807) is 0 Å². The van der Waals surface area contributed by atoms with E-state index < -0.39 is 0 Å². The molecule has 0 spiro atoms. The number of halogens is 1. The van der Waals surface area contributed by atoms with Crippen molar-refractivity contribution in [2.45, 2.75) is 57.2 Å². The Morgan fingerprint density at radius 2 is 1.80 bits per heavy atom. The summed E-state index contributed by atoms with van der Waals surface area (Å²) in [6, 6.07) is 15.8. The van der Waals surface area contributed by atoms with E-state index in [2.05, 4.69) is 54.3 Å². The number of benzene rings is 2. The monoisotopic (exact) mass is 358 g/mol. The summed E-state index contributed by atoms with van der Waals surface area (Å²) in [4.78, 5) is 15.3. The van der Waals surface area contributed by atoms with Crippen LogP contribution in [0.2, 0.25) is 0 Å². The van der Waals surface area contributed by atoms with Crippen LogP contribution in [0.3, 0.4) is 0 Å². The van der Waals surface area contributed by atoms with E-state index in [1.165, 1.54) is 16.3 Å². The summed E-state index contributed by atoms with van der Waals surface area (Å²) >= 11 is 0. The minimum absolute atomic E-state index is 0. The summed E-state index contributed by atoms with van der Waals surface area (Å²) in [7, 11) is 0. The number of nitrogens with zero attached hydrogens (tertiary/aromatic N) is 1. The van der Waals surface area contributed by atoms with Crippen molar-refractivity contribution in [3.05, 3.63) is 48.0 Å². The maximum Gasteiger partial charge on any atom is 0.226 e. The number of hydrogen-bond acceptors (Lipinski definition) is 2. The zero-order valence-corrected chi connectivity index (χ0v) is 15.5. The van der Waals surface area contributed by atoms with Gasteiger partial charge in [0.25, 0.3) is 0 Å². The van der Waals surface area contributed by atoms with Gasteiger partial charge in [-0.2, -0.15) is 0 Å². The van der Waals surface area contributed by atoms with Gasteiger partial charge >= 0.3 is 0 Å². The highest BCUT2D eigenvalue weighted by Gasteiger charge is 2.40. The lowest BCUT2D eigenvalue weighted by Crippen LogP contribution is -2.39. The highest BCUT2D eigenvalue weighted by atomic mass is 35.5. The smallest absolute Gasteiger partial charge is 0.226 e. The molecule has 0 aromatic heterocycles. The normalized spacial score (nSPS) is 23.9. The number of rotatable bonds is 4. The second-order valence-electron chi connectivity index (χ2n) is 7.53. The molecule has 4 heteroatoms. The number of fused-ring (bicyclic) bond motifs is 1. The van der Waals surface area contributed by atoms with E-state index in [0.717, 1.165) is 32.1 Å². The lowest BCUT2D eigenvalue weighted by molar-refractivity contribution is -0.138. The third-order valence-electron chi connectivity index (χ3n) is 5.69. The van der Waals surface area contributed by atoms with Crippen LogP contribution in [0.1, 0.15) is 50.6 Å². The molecular formula is C21H27ClN2O. The van der Waals surface area contributed by atoms with Crippen LogP contribution in [0, 0.1) is 5.92 Å². The molecule has 2 aromatic rings. The molecule has 134 valence electrons. The first-order valence-corrected chi connectivity index (χ1v) is 9.20. The zero-order chi connectivity index (χ0) is 16.7. The molecular weight excluding hydrogens is 332 g/mol. The highest BCUT2D eigenvalue weighted by Crippen LogP contribution is 2.38. The lowest BCUT2D eigenvalue weighted by atomic mass is 9.99. The Balaban J connectivity index is 0.00000182. The number of hydrogen-bond donors (Lipinski definition) is 1. The first-order valence-electron chi connectivity index (χ1n) is 9.20. The van der Waals surface area contributed by atoms with Crippen LogP contribution >= 0.6 is 12.4 Å². The van der Waals surface area contributed by atoms with Crippen molar-refractivity contribution in [1.29, 1.82) is 0 Å². The minimum atomic E-state index is 0. The zero-order valence-electron chi connectivity index (χ0n) is 14.7. The van der Waals surface area contributed by atoms with Crippen molar-refractivity contribution >= 4 is 29.1 Å². The maximum absolute atomic E-state index is 13.1. The second kappa shape index (κ2) is 7.35. The van der Waals surface area contributed by atoms with Gasteiger partial charge in [-0.15, -0.1) is 12.4 Å². The summed E-state index contributed by atoms with van der Waals surface area (Å²) in [5.41, 5.74) is 7.27. The van der Waals surface area contributed by atoms with E-state index >= 15 is 0 Å². The molecule has 4 rings (SSSR count). The Hall–Kier alpha value is -1.58. The Morgan fingerprint density at radius 1 is 1.08 bits per heavy atom. The minimum Gasteiger partial charge on any atom is -0.333 e. The molecule has 2 aromatic carbocycles. The van der Waals surface area contributed by atoms with Crippen LogP contribution in [0.4, 0.5) is 0 Å². The highest BCUT2D eigenvalue weighted by molar-refractivity contribution is 5.85. The third-order valence-corrected chi connectivity index (χ3v) is 5.69. The van der Waals surface area contributed by atoms with Gasteiger partial charge in [0.05, 0.1) is 6.04 Å². The molecule has 3 nitrogen and oxygen atoms in total. The van der Waals surface area contributed by atoms with Crippen LogP contribution in [-0.4, -0.2) is 22.9 Å². The van der Waals surface area contributed by atoms with Crippen molar-refractivity contribution in [2.24, 2.45) is 11.7 Å². The fourth-order valence-electron chi connectivity index (χ4n) is 4.12. The van der Waals surface area contributed by atoms with Crippen molar-refractivity contribution in [2.75, 3.05) is 0 Å². The molecule has 0 aliphatic heterocycles. The molecule has 3 unspecified atom stereocenters. The predicted molar refractivity (Wildman–Crippen MR) is 105 cm³/mol. The van der Waals surface area contributed by atoms with E-state index in [9.17, 15) is 4.79 Å². The Kier molecular flexibility index (Phi) is 5.35. The van der Waals surface area contributed by atoms with Crippen LogP contribution in [-0.2, 0) is 4.79 Å². The van der Waals surface area contributed by atoms with Gasteiger partial charge in [-0.3, -0.25) is 4.79 Å². The SMILES string of the molecule is CC(c1ccc2ccccc2c1)N(C(=O)C1CCC(N)C1)C1CC1.Cl. The average Bonchev–Trinajstić information content (AvgIpc) is 3.34. The first-order chi connectivity index (χ1) is 11.6. The van der Waals surface area contributed by atoms with Gasteiger partial charge in [0, 0.05) is 18.0 Å². The molecule has 25 heavy (non-hydrogen) atoms. The number of carbonyl (C=O) groups excluding carboxylic acids is 1. The maximum atomic E-state index is 13.1. The average molecular weight is 359 g/mol. The van der Waals surface area contributed by atoms with Gasteiger partial charge in [0.2, 0.25) is 5.91 Å². The molecule has 2 fully saturated rings. The second-order valence-corrected chi connectivity index (χ2v) is 7.53. The molecule has 2 aliphatic carbocycles. The van der Waals surface area contributed by atoms with Gasteiger partial charge in [-0.05, 0) is 61.4 Å². The van der Waals surface area contributed by atoms with Crippen molar-refractivity contribution in [1.82, 2.24) is 4.90 Å². The lowest BCUT2D eigenvalue weighted by Gasteiger charge is -2.32. The largest absolute Gasteiger partial charge is 0.333 e. The predicted octanol–water partition coefficient (Wildman–Crippen LogP) is 4.44. The van der Waals surface area contributed by atoms with Gasteiger partial charge < -0.3 is 10.6 Å². The standard InChI is InChI=1S/C21H26N2O.ClH/c1-14(16-7-6-15-4-2-3-5-17(15)12-16)23(20-10-11-20)21(24)18-8-9-19(22)13-18;/h2-7,12,14,18-20H,8-11,13,22H2,1H3;1H. The first kappa shape index (κ1) is 18.2. The molecule has 0 heterocycles. The summed E-state index contributed by atoms with van der Waals surface area (Å²) in [5.74, 6) is 0.453. The quantitative estimate of drug-likeness (QED) is 0.878. The van der Waals surface area contributed by atoms with Crippen molar-refractivity contribution < 1.29 is 4.79 Å². The number of amides is 1. The Labute approximate surface area is 156 Å². The summed E-state index contributed by atoms with van der Waals surface area (Å²) in [6.07, 6.45) is 5.07. The van der Waals surface area contributed by atoms with Crippen LogP contribution in [0.15, 0.2) is 42.5 Å². The van der Waals surface area contributed by atoms with Gasteiger partial charge in [-0.1, -0.05) is 36.4 Å². The van der Waals surface area contributed by atoms with Crippen LogP contribution < -0.4 is 5.73 Å². The Morgan fingerprint density at radius 3 is 2.44 bits per heavy atom. The molecule has 0 bridgehead atoms. The van der Waals surface area contributed by atoms with E-state index in [0.29, 0.717) is 11.9 Å². The topological polar surface area (TPSA) is 46.3 Å². The number of carbonyl (C=O) groups is 1. The molecule has 0 radical (unpaired) electrons. The van der Waals surface area contributed by atoms with Gasteiger partial charge in [0.1, 0.15) is 0 Å². The Bertz CT molecular complexity index is 758. The fraction of sp³-hybridized carbons (Fsp3) is 0.476. The molecule has 2 N–H and O–H groups in total. The summed E-state index contributed by atoms with van der Waals surface area (Å²) < 4.78 is 0. The molecule has 1 amide bonds. The number of nitrogens with two attached hydrogens (primary N) is 1. The van der Waals surface area contributed by atoms with E-state index in [1.807, 2.05) is 0 Å². The fourth-order valence-corrected chi connectivity index (χ4v) is 4.12. The summed E-state index contributed by atoms with van der Waals surface area (Å²) in [5, 5.41) is 2.49. The summed E-state index contributed by atoms with van der Waals surface area (Å²) in [6.45, 7) is 2.18. The molecule has 2 aliphatic rings.